The molecule has 0 radical (unpaired) electrons. The predicted octanol–water partition coefficient (Wildman–Crippen LogP) is 1.04. The van der Waals surface area contributed by atoms with Crippen LogP contribution >= 0.6 is 11.8 Å². The fourth-order valence-corrected chi connectivity index (χ4v) is 4.36. The van der Waals surface area contributed by atoms with Crippen LogP contribution in [0.4, 0.5) is 0 Å². The van der Waals surface area contributed by atoms with E-state index in [1.807, 2.05) is 0 Å². The summed E-state index contributed by atoms with van der Waals surface area (Å²) in [6, 6.07) is 0.622. The Morgan fingerprint density at radius 2 is 2.38 bits per heavy atom. The minimum atomic E-state index is 0.622. The molecule has 2 aliphatic rings. The van der Waals surface area contributed by atoms with E-state index in [-0.39, 0.29) is 0 Å². The number of nitrogens with zero attached hydrogens (tertiary/aromatic N) is 1. The van der Waals surface area contributed by atoms with Crippen LogP contribution in [0.1, 0.15) is 12.8 Å². The normalized spacial score (nSPS) is 33.4. The maximum atomic E-state index is 5.97. The second-order valence-corrected chi connectivity index (χ2v) is 6.18. The Bertz CT molecular complexity index is 209. The number of hydrogen-bond acceptors (Lipinski definition) is 4. The molecule has 0 aromatic rings. The molecule has 16 heavy (non-hydrogen) atoms. The molecule has 94 valence electrons. The highest BCUT2D eigenvalue weighted by Gasteiger charge is 2.33. The van der Waals surface area contributed by atoms with Gasteiger partial charge in [-0.2, -0.15) is 11.8 Å². The number of thioether (sulfide) groups is 1. The lowest BCUT2D eigenvalue weighted by Crippen LogP contribution is -2.44. The van der Waals surface area contributed by atoms with Crippen molar-refractivity contribution in [1.29, 1.82) is 0 Å². The Morgan fingerprint density at radius 3 is 3.00 bits per heavy atom. The smallest absolute Gasteiger partial charge is 0.0503 e. The average Bonchev–Trinajstić information content (AvgIpc) is 2.92. The molecule has 0 aliphatic carbocycles. The number of nitrogens with two attached hydrogens (primary N) is 1. The van der Waals surface area contributed by atoms with Crippen LogP contribution in [0, 0.1) is 11.8 Å². The molecule has 2 N–H and O–H groups in total. The van der Waals surface area contributed by atoms with Gasteiger partial charge in [0.25, 0.3) is 0 Å². The molecule has 0 amide bonds. The van der Waals surface area contributed by atoms with Gasteiger partial charge in [0.1, 0.15) is 0 Å². The van der Waals surface area contributed by atoms with Crippen LogP contribution in [0.15, 0.2) is 0 Å². The fraction of sp³-hybridized carbons (Fsp3) is 1.00. The molecule has 3 nitrogen and oxygen atoms in total. The summed E-state index contributed by atoms with van der Waals surface area (Å²) in [5, 5.41) is 0. The van der Waals surface area contributed by atoms with Crippen LogP contribution in [0.5, 0.6) is 0 Å². The summed E-state index contributed by atoms with van der Waals surface area (Å²) in [7, 11) is 1.80. The van der Waals surface area contributed by atoms with Gasteiger partial charge in [0, 0.05) is 26.2 Å². The van der Waals surface area contributed by atoms with Crippen LogP contribution in [0.3, 0.4) is 0 Å². The van der Waals surface area contributed by atoms with Crippen LogP contribution in [0.2, 0.25) is 0 Å². The highest BCUT2D eigenvalue weighted by Crippen LogP contribution is 2.31. The summed E-state index contributed by atoms with van der Waals surface area (Å²) in [6.07, 6.45) is 2.64. The van der Waals surface area contributed by atoms with Gasteiger partial charge in [0.15, 0.2) is 0 Å². The van der Waals surface area contributed by atoms with E-state index in [0.29, 0.717) is 6.04 Å². The van der Waals surface area contributed by atoms with Gasteiger partial charge in [-0.25, -0.2) is 0 Å². The molecule has 0 spiro atoms. The van der Waals surface area contributed by atoms with Crippen molar-refractivity contribution in [3.05, 3.63) is 0 Å². The number of hydrogen-bond donors (Lipinski definition) is 1. The van der Waals surface area contributed by atoms with Crippen LogP contribution in [-0.4, -0.2) is 55.8 Å². The SMILES string of the molecule is COCC1CCN(C(CN)C2CCSC2)C1. The maximum Gasteiger partial charge on any atom is 0.0503 e. The highest BCUT2D eigenvalue weighted by atomic mass is 32.2. The Hall–Kier alpha value is 0.230. The van der Waals surface area contributed by atoms with E-state index >= 15 is 0 Å². The van der Waals surface area contributed by atoms with Crippen molar-refractivity contribution in [2.75, 3.05) is 44.9 Å². The summed E-state index contributed by atoms with van der Waals surface area (Å²) < 4.78 is 5.25. The molecular weight excluding hydrogens is 220 g/mol. The maximum absolute atomic E-state index is 5.97. The molecule has 2 aliphatic heterocycles. The largest absolute Gasteiger partial charge is 0.384 e. The van der Waals surface area contributed by atoms with Crippen molar-refractivity contribution in [1.82, 2.24) is 4.90 Å². The van der Waals surface area contributed by atoms with E-state index in [1.165, 1.54) is 37.4 Å². The first kappa shape index (κ1) is 12.7. The van der Waals surface area contributed by atoms with E-state index in [4.69, 9.17) is 10.5 Å². The molecule has 0 saturated carbocycles. The minimum Gasteiger partial charge on any atom is -0.384 e. The van der Waals surface area contributed by atoms with Crippen molar-refractivity contribution in [3.63, 3.8) is 0 Å². The van der Waals surface area contributed by atoms with Crippen molar-refractivity contribution in [3.8, 4) is 0 Å². The zero-order valence-corrected chi connectivity index (χ0v) is 11.0. The van der Waals surface area contributed by atoms with Gasteiger partial charge >= 0.3 is 0 Å². The molecule has 2 saturated heterocycles. The lowest BCUT2D eigenvalue weighted by molar-refractivity contribution is 0.138. The van der Waals surface area contributed by atoms with Crippen LogP contribution in [-0.2, 0) is 4.74 Å². The van der Waals surface area contributed by atoms with Crippen molar-refractivity contribution >= 4 is 11.8 Å². The van der Waals surface area contributed by atoms with Gasteiger partial charge in [-0.1, -0.05) is 0 Å². The van der Waals surface area contributed by atoms with E-state index in [2.05, 4.69) is 16.7 Å². The van der Waals surface area contributed by atoms with Gasteiger partial charge < -0.3 is 10.5 Å². The Morgan fingerprint density at radius 1 is 1.50 bits per heavy atom. The average molecular weight is 244 g/mol. The molecule has 2 heterocycles. The predicted molar refractivity (Wildman–Crippen MR) is 69.8 cm³/mol. The van der Waals surface area contributed by atoms with Crippen LogP contribution < -0.4 is 5.73 Å². The summed E-state index contributed by atoms with van der Waals surface area (Å²) in [5.74, 6) is 4.20. The molecular formula is C12H24N2OS. The molecule has 0 aromatic heterocycles. The third-order valence-corrected chi connectivity index (χ3v) is 5.13. The standard InChI is InChI=1S/C12H24N2OS/c1-15-8-10-2-4-14(7-10)12(6-13)11-3-5-16-9-11/h10-12H,2-9,13H2,1H3. The summed E-state index contributed by atoms with van der Waals surface area (Å²) in [6.45, 7) is 4.14. The van der Waals surface area contributed by atoms with Gasteiger partial charge in [0.05, 0.1) is 6.61 Å². The Balaban J connectivity index is 1.85. The zero-order chi connectivity index (χ0) is 11.4. The topological polar surface area (TPSA) is 38.5 Å². The zero-order valence-electron chi connectivity index (χ0n) is 10.2. The van der Waals surface area contributed by atoms with Gasteiger partial charge in [-0.15, -0.1) is 0 Å². The monoisotopic (exact) mass is 244 g/mol. The highest BCUT2D eigenvalue weighted by molar-refractivity contribution is 7.99. The summed E-state index contributed by atoms with van der Waals surface area (Å²) in [5.41, 5.74) is 5.97. The summed E-state index contributed by atoms with van der Waals surface area (Å²) >= 11 is 2.09. The molecule has 4 heteroatoms. The molecule has 2 fully saturated rings. The first-order chi connectivity index (χ1) is 7.85. The minimum absolute atomic E-state index is 0.622. The number of likely N-dealkylation sites (tertiary alicyclic amines) is 1. The van der Waals surface area contributed by atoms with Crippen molar-refractivity contribution in [2.45, 2.75) is 18.9 Å². The number of ether oxygens (including phenoxy) is 1. The van der Waals surface area contributed by atoms with Crippen molar-refractivity contribution < 1.29 is 4.74 Å². The van der Waals surface area contributed by atoms with E-state index in [0.717, 1.165) is 25.0 Å². The molecule has 3 atom stereocenters. The Kier molecular flexibility index (Phi) is 4.95. The lowest BCUT2D eigenvalue weighted by Gasteiger charge is -2.31. The first-order valence-corrected chi connectivity index (χ1v) is 7.51. The summed E-state index contributed by atoms with van der Waals surface area (Å²) in [4.78, 5) is 2.61. The molecule has 2 rings (SSSR count). The van der Waals surface area contributed by atoms with Crippen LogP contribution in [0.25, 0.3) is 0 Å². The van der Waals surface area contributed by atoms with Gasteiger partial charge in [0.2, 0.25) is 0 Å². The van der Waals surface area contributed by atoms with E-state index in [9.17, 15) is 0 Å². The van der Waals surface area contributed by atoms with E-state index in [1.54, 1.807) is 7.11 Å². The Labute approximate surface area is 103 Å². The number of methoxy groups -OCH3 is 1. The second-order valence-electron chi connectivity index (χ2n) is 5.03. The fourth-order valence-electron chi connectivity index (χ4n) is 3.03. The lowest BCUT2D eigenvalue weighted by atomic mass is 9.98. The van der Waals surface area contributed by atoms with Gasteiger partial charge in [-0.3, -0.25) is 4.90 Å². The quantitative estimate of drug-likeness (QED) is 0.784. The molecule has 0 bridgehead atoms. The molecule has 3 unspecified atom stereocenters. The molecule has 0 aromatic carbocycles. The third-order valence-electron chi connectivity index (χ3n) is 3.94. The van der Waals surface area contributed by atoms with Crippen molar-refractivity contribution in [2.24, 2.45) is 17.6 Å². The third kappa shape index (κ3) is 2.92. The first-order valence-electron chi connectivity index (χ1n) is 6.36. The number of rotatable bonds is 5. The second kappa shape index (κ2) is 6.24. The van der Waals surface area contributed by atoms with Gasteiger partial charge in [-0.05, 0) is 42.7 Å². The van der Waals surface area contributed by atoms with E-state index < -0.39 is 0 Å².